The second-order valence-electron chi connectivity index (χ2n) is 6.73. The number of aromatic carboxylic acids is 1. The van der Waals surface area contributed by atoms with Gasteiger partial charge >= 0.3 is 5.97 Å². The fraction of sp³-hybridized carbons (Fsp3) is 0.400. The van der Waals surface area contributed by atoms with E-state index in [4.69, 9.17) is 0 Å². The Morgan fingerprint density at radius 2 is 1.69 bits per heavy atom. The van der Waals surface area contributed by atoms with Crippen LogP contribution in [0.3, 0.4) is 0 Å². The van der Waals surface area contributed by atoms with Crippen LogP contribution >= 0.6 is 0 Å². The van der Waals surface area contributed by atoms with E-state index in [0.717, 1.165) is 31.5 Å². The number of carboxylic acids is 1. The molecule has 6 heteroatoms. The number of hydrogen-bond acceptors (Lipinski definition) is 3. The molecule has 0 radical (unpaired) electrons. The smallest absolute Gasteiger partial charge is 0.337 e. The number of carbonyl (C=O) groups is 1. The van der Waals surface area contributed by atoms with E-state index in [1.54, 1.807) is 12.1 Å². The molecule has 0 spiro atoms. The lowest BCUT2D eigenvalue weighted by atomic mass is 10.0. The third-order valence-corrected chi connectivity index (χ3v) is 4.94. The number of nitrogens with zero attached hydrogens (tertiary/aromatic N) is 2. The molecular weight excluding hydrogens is 335 g/mol. The Labute approximate surface area is 151 Å². The molecule has 1 aliphatic heterocycles. The van der Waals surface area contributed by atoms with Gasteiger partial charge in [0.05, 0.1) is 11.6 Å². The molecule has 1 atom stereocenters. The van der Waals surface area contributed by atoms with Crippen molar-refractivity contribution in [3.8, 4) is 0 Å². The molecule has 26 heavy (non-hydrogen) atoms. The summed E-state index contributed by atoms with van der Waals surface area (Å²) in [6.45, 7) is 2.16. The van der Waals surface area contributed by atoms with Crippen LogP contribution in [0.5, 0.6) is 0 Å². The molecule has 0 aliphatic carbocycles. The van der Waals surface area contributed by atoms with Crippen molar-refractivity contribution in [2.45, 2.75) is 38.3 Å². The van der Waals surface area contributed by atoms with Gasteiger partial charge in [-0.05, 0) is 49.7 Å². The summed E-state index contributed by atoms with van der Waals surface area (Å²) < 4.78 is 14.8. The average Bonchev–Trinajstić information content (AvgIpc) is 2.91. The lowest BCUT2D eigenvalue weighted by Crippen LogP contribution is -2.35. The maximum absolute atomic E-state index is 13.4. The number of hydrogen-bond donors (Lipinski definition) is 1. The van der Waals surface area contributed by atoms with Crippen molar-refractivity contribution in [1.29, 1.82) is 0 Å². The number of carboxylic acid groups (broad SMARTS) is 1. The summed E-state index contributed by atoms with van der Waals surface area (Å²) in [5, 5.41) is 9.20. The Kier molecular flexibility index (Phi) is 5.83. The van der Waals surface area contributed by atoms with Gasteiger partial charge < -0.3 is 9.67 Å². The van der Waals surface area contributed by atoms with Crippen LogP contribution in [0.25, 0.3) is 0 Å². The summed E-state index contributed by atoms with van der Waals surface area (Å²) in [6.07, 6.45) is 5.92. The lowest BCUT2D eigenvalue weighted by Gasteiger charge is -2.31. The molecule has 1 N–H and O–H groups in total. The predicted molar refractivity (Wildman–Crippen MR) is 96.8 cm³/mol. The summed E-state index contributed by atoms with van der Waals surface area (Å²) in [7, 11) is 0. The van der Waals surface area contributed by atoms with E-state index in [-0.39, 0.29) is 23.0 Å². The topological polar surface area (TPSA) is 62.5 Å². The first kappa shape index (κ1) is 18.3. The van der Waals surface area contributed by atoms with Crippen molar-refractivity contribution >= 4 is 5.97 Å². The van der Waals surface area contributed by atoms with Gasteiger partial charge in [0.25, 0.3) is 5.56 Å². The molecule has 0 amide bonds. The maximum Gasteiger partial charge on any atom is 0.337 e. The number of halogens is 1. The van der Waals surface area contributed by atoms with Gasteiger partial charge in [0.1, 0.15) is 5.82 Å². The zero-order valence-electron chi connectivity index (χ0n) is 14.6. The predicted octanol–water partition coefficient (Wildman–Crippen LogP) is 3.30. The summed E-state index contributed by atoms with van der Waals surface area (Å²) in [5.41, 5.74) is 0.774. The van der Waals surface area contributed by atoms with Crippen molar-refractivity contribution in [2.75, 3.05) is 13.1 Å². The third-order valence-electron chi connectivity index (χ3n) is 4.94. The zero-order chi connectivity index (χ0) is 18.5. The first-order valence-electron chi connectivity index (χ1n) is 8.98. The molecule has 2 heterocycles. The van der Waals surface area contributed by atoms with E-state index < -0.39 is 5.97 Å². The Morgan fingerprint density at radius 1 is 1.04 bits per heavy atom. The number of rotatable bonds is 5. The van der Waals surface area contributed by atoms with E-state index in [9.17, 15) is 19.1 Å². The Bertz CT molecular complexity index is 809. The minimum atomic E-state index is -1.06. The normalized spacial score (nSPS) is 16.8. The van der Waals surface area contributed by atoms with Crippen LogP contribution in [0.2, 0.25) is 0 Å². The Hall–Kier alpha value is -2.47. The third kappa shape index (κ3) is 4.38. The van der Waals surface area contributed by atoms with E-state index in [2.05, 4.69) is 4.90 Å². The van der Waals surface area contributed by atoms with Crippen LogP contribution in [0, 0.1) is 5.82 Å². The van der Waals surface area contributed by atoms with Crippen LogP contribution < -0.4 is 5.56 Å². The zero-order valence-corrected chi connectivity index (χ0v) is 14.6. The lowest BCUT2D eigenvalue weighted by molar-refractivity contribution is 0.0695. The fourth-order valence-corrected chi connectivity index (χ4v) is 3.51. The van der Waals surface area contributed by atoms with Gasteiger partial charge in [0.15, 0.2) is 0 Å². The Morgan fingerprint density at radius 3 is 2.31 bits per heavy atom. The molecule has 1 saturated heterocycles. The summed E-state index contributed by atoms with van der Waals surface area (Å²) in [5.74, 6) is -1.36. The number of benzene rings is 1. The highest BCUT2D eigenvalue weighted by atomic mass is 19.1. The quantitative estimate of drug-likeness (QED) is 0.891. The number of pyridine rings is 1. The molecule has 0 bridgehead atoms. The van der Waals surface area contributed by atoms with Crippen molar-refractivity contribution < 1.29 is 14.3 Å². The van der Waals surface area contributed by atoms with Gasteiger partial charge in [-0.2, -0.15) is 0 Å². The van der Waals surface area contributed by atoms with E-state index in [1.807, 2.05) is 0 Å². The fourth-order valence-electron chi connectivity index (χ4n) is 3.51. The highest BCUT2D eigenvalue weighted by Crippen LogP contribution is 2.26. The monoisotopic (exact) mass is 358 g/mol. The Balaban J connectivity index is 1.95. The molecule has 3 rings (SSSR count). The molecule has 1 aromatic carbocycles. The van der Waals surface area contributed by atoms with E-state index in [0.29, 0.717) is 6.54 Å². The van der Waals surface area contributed by atoms with Gasteiger partial charge in [-0.25, -0.2) is 9.18 Å². The highest BCUT2D eigenvalue weighted by molar-refractivity contribution is 5.87. The summed E-state index contributed by atoms with van der Waals surface area (Å²) in [4.78, 5) is 25.8. The SMILES string of the molecule is O=C(O)c1ccc(=O)n(C[C@H](c2ccc(F)cc2)N2CCCCCC2)c1. The first-order valence-corrected chi connectivity index (χ1v) is 8.98. The second-order valence-corrected chi connectivity index (χ2v) is 6.73. The highest BCUT2D eigenvalue weighted by Gasteiger charge is 2.23. The minimum absolute atomic E-state index is 0.0818. The van der Waals surface area contributed by atoms with Gasteiger partial charge in [0, 0.05) is 18.8 Å². The van der Waals surface area contributed by atoms with Crippen LogP contribution in [-0.4, -0.2) is 33.6 Å². The molecule has 0 saturated carbocycles. The first-order chi connectivity index (χ1) is 12.5. The maximum atomic E-state index is 13.4. The van der Waals surface area contributed by atoms with Gasteiger partial charge in [-0.1, -0.05) is 25.0 Å². The molecule has 1 aromatic heterocycles. The largest absolute Gasteiger partial charge is 0.478 e. The number of aromatic nitrogens is 1. The molecule has 2 aromatic rings. The van der Waals surface area contributed by atoms with Crippen LogP contribution in [0.4, 0.5) is 4.39 Å². The summed E-state index contributed by atoms with van der Waals surface area (Å²) >= 11 is 0. The van der Waals surface area contributed by atoms with Gasteiger partial charge in [0.2, 0.25) is 0 Å². The van der Waals surface area contributed by atoms with Crippen molar-refractivity contribution in [1.82, 2.24) is 9.47 Å². The van der Waals surface area contributed by atoms with Crippen molar-refractivity contribution in [3.63, 3.8) is 0 Å². The molecule has 1 fully saturated rings. The van der Waals surface area contributed by atoms with Gasteiger partial charge in [-0.3, -0.25) is 9.69 Å². The molecular formula is C20H23FN2O3. The molecule has 138 valence electrons. The van der Waals surface area contributed by atoms with E-state index in [1.165, 1.54) is 47.9 Å². The average molecular weight is 358 g/mol. The molecule has 0 unspecified atom stereocenters. The van der Waals surface area contributed by atoms with Crippen LogP contribution in [-0.2, 0) is 6.54 Å². The minimum Gasteiger partial charge on any atom is -0.478 e. The second kappa shape index (κ2) is 8.27. The van der Waals surface area contributed by atoms with Crippen LogP contribution in [0.15, 0.2) is 47.4 Å². The summed E-state index contributed by atoms with van der Waals surface area (Å²) in [6, 6.07) is 8.85. The van der Waals surface area contributed by atoms with E-state index >= 15 is 0 Å². The standard InChI is InChI=1S/C20H23FN2O3/c21-17-8-5-15(6-9-17)18(22-11-3-1-2-4-12-22)14-23-13-16(20(25)26)7-10-19(23)24/h5-10,13,18H,1-4,11-12,14H2,(H,25,26)/t18-/m1/s1. The molecule has 1 aliphatic rings. The van der Waals surface area contributed by atoms with Crippen molar-refractivity contribution in [3.05, 3.63) is 69.9 Å². The van der Waals surface area contributed by atoms with Crippen LogP contribution in [0.1, 0.15) is 47.6 Å². The number of likely N-dealkylation sites (tertiary alicyclic amines) is 1. The van der Waals surface area contributed by atoms with Gasteiger partial charge in [-0.15, -0.1) is 0 Å². The molecule has 5 nitrogen and oxygen atoms in total. The van der Waals surface area contributed by atoms with Crippen molar-refractivity contribution in [2.24, 2.45) is 0 Å².